The van der Waals surface area contributed by atoms with Crippen LogP contribution >= 0.6 is 0 Å². The number of unbranched alkanes of at least 4 members (excludes halogenated alkanes) is 1. The Morgan fingerprint density at radius 1 is 1.33 bits per heavy atom. The molecule has 1 aliphatic heterocycles. The molecule has 0 aromatic carbocycles. The van der Waals surface area contributed by atoms with Crippen LogP contribution in [0.3, 0.4) is 0 Å². The van der Waals surface area contributed by atoms with Gasteiger partial charge in [-0.1, -0.05) is 27.2 Å². The van der Waals surface area contributed by atoms with E-state index in [2.05, 4.69) is 32.3 Å². The van der Waals surface area contributed by atoms with Crippen LogP contribution in [0, 0.1) is 5.92 Å². The van der Waals surface area contributed by atoms with E-state index in [4.69, 9.17) is 4.74 Å². The van der Waals surface area contributed by atoms with E-state index < -0.39 is 7.25 Å². The Morgan fingerprint density at radius 3 is 2.22 bits per heavy atom. The van der Waals surface area contributed by atoms with Crippen LogP contribution in [0.2, 0.25) is 0 Å². The van der Waals surface area contributed by atoms with E-state index in [1.165, 1.54) is 12.8 Å². The number of ether oxygens (including phenoxy) is 1. The Balaban J connectivity index is 0.000000494. The van der Waals surface area contributed by atoms with Crippen LogP contribution < -0.4 is 0 Å². The van der Waals surface area contributed by atoms with E-state index in [-0.39, 0.29) is 0 Å². The fourth-order valence-electron chi connectivity index (χ4n) is 1.82. The molecule has 1 rings (SSSR count). The van der Waals surface area contributed by atoms with Crippen molar-refractivity contribution in [1.29, 1.82) is 0 Å². The largest absolute Gasteiger partial charge is 0.673 e. The van der Waals surface area contributed by atoms with Gasteiger partial charge in [-0.25, -0.2) is 0 Å². The van der Waals surface area contributed by atoms with Crippen LogP contribution in [0.15, 0.2) is 0 Å². The molecule has 0 N–H and O–H groups in total. The monoisotopic (exact) mass is 271 g/mol. The van der Waals surface area contributed by atoms with Crippen LogP contribution in [-0.2, 0) is 4.74 Å². The zero-order chi connectivity index (χ0) is 14.3. The lowest BCUT2D eigenvalue weighted by atomic mass is 10.1. The summed E-state index contributed by atoms with van der Waals surface area (Å²) in [5.41, 5.74) is 0. The highest BCUT2D eigenvalue weighted by atomic mass is 19.5. The Kier molecular flexibility index (Phi) is 7.32. The smallest absolute Gasteiger partial charge is 0.441 e. The molecule has 1 heterocycles. The zero-order valence-electron chi connectivity index (χ0n) is 11.4. The first-order valence-corrected chi connectivity index (χ1v) is 6.27. The predicted octanol–water partition coefficient (Wildman–Crippen LogP) is 3.57. The van der Waals surface area contributed by atoms with Crippen molar-refractivity contribution in [3.05, 3.63) is 0 Å². The molecule has 108 valence electrons. The number of rotatable bonds is 4. The summed E-state index contributed by atoms with van der Waals surface area (Å²) >= 11 is 0. The standard InChI is InChI=1S/C11H22NO.BF4/c1-5-6-7-12-10(4)13-8-11(12)9(2)3;2-1(3,4)5/h9,11H,5-8H2,1-4H3;/q+1;-1/t11-;/m1./s1. The molecule has 0 bridgehead atoms. The van der Waals surface area contributed by atoms with Gasteiger partial charge in [0.05, 0.1) is 6.92 Å². The maximum absolute atomic E-state index is 9.75. The highest BCUT2D eigenvalue weighted by molar-refractivity contribution is 6.50. The summed E-state index contributed by atoms with van der Waals surface area (Å²) in [4.78, 5) is 0. The van der Waals surface area contributed by atoms with Crippen molar-refractivity contribution in [3.63, 3.8) is 0 Å². The first-order chi connectivity index (χ1) is 8.16. The van der Waals surface area contributed by atoms with Crippen LogP contribution in [0.5, 0.6) is 0 Å². The molecule has 0 aromatic heterocycles. The van der Waals surface area contributed by atoms with Gasteiger partial charge in [0.25, 0.3) is 0 Å². The number of halogens is 4. The first-order valence-electron chi connectivity index (χ1n) is 6.27. The van der Waals surface area contributed by atoms with Gasteiger partial charge < -0.3 is 22.0 Å². The quantitative estimate of drug-likeness (QED) is 0.432. The molecular weight excluding hydrogens is 249 g/mol. The molecule has 0 fully saturated rings. The van der Waals surface area contributed by atoms with E-state index in [0.29, 0.717) is 12.0 Å². The van der Waals surface area contributed by atoms with Crippen molar-refractivity contribution in [2.24, 2.45) is 5.92 Å². The Morgan fingerprint density at radius 2 is 1.83 bits per heavy atom. The summed E-state index contributed by atoms with van der Waals surface area (Å²) in [6, 6.07) is 0.603. The van der Waals surface area contributed by atoms with Gasteiger partial charge in [-0.05, 0) is 0 Å². The molecule has 1 atom stereocenters. The molecule has 0 radical (unpaired) electrons. The average Bonchev–Trinajstić information content (AvgIpc) is 2.54. The SMILES string of the molecule is CCCC[N+]1=C(C)OC[C@@H]1C(C)C.F[B-](F)(F)F. The van der Waals surface area contributed by atoms with Crippen molar-refractivity contribution >= 4 is 13.2 Å². The second-order valence-electron chi connectivity index (χ2n) is 4.68. The van der Waals surface area contributed by atoms with Gasteiger partial charge in [-0.3, -0.25) is 0 Å². The lowest BCUT2D eigenvalue weighted by molar-refractivity contribution is -0.563. The molecule has 1 aliphatic rings. The minimum atomic E-state index is -6.00. The van der Waals surface area contributed by atoms with E-state index in [1.54, 1.807) is 0 Å². The lowest BCUT2D eigenvalue weighted by Crippen LogP contribution is -2.31. The van der Waals surface area contributed by atoms with Crippen molar-refractivity contribution in [2.45, 2.75) is 46.6 Å². The van der Waals surface area contributed by atoms with Gasteiger partial charge in [0.1, 0.15) is 6.54 Å². The summed E-state index contributed by atoms with van der Waals surface area (Å²) in [7, 11) is -6.00. The van der Waals surface area contributed by atoms with E-state index >= 15 is 0 Å². The van der Waals surface area contributed by atoms with Crippen molar-refractivity contribution in [2.75, 3.05) is 13.2 Å². The van der Waals surface area contributed by atoms with Crippen LogP contribution in [0.1, 0.15) is 40.5 Å². The van der Waals surface area contributed by atoms with Gasteiger partial charge in [0.2, 0.25) is 0 Å². The van der Waals surface area contributed by atoms with Crippen LogP contribution in [0.4, 0.5) is 17.3 Å². The van der Waals surface area contributed by atoms with E-state index in [9.17, 15) is 17.3 Å². The van der Waals surface area contributed by atoms with E-state index in [1.807, 2.05) is 0 Å². The third kappa shape index (κ3) is 7.56. The minimum Gasteiger partial charge on any atom is -0.441 e. The molecule has 0 saturated carbocycles. The zero-order valence-corrected chi connectivity index (χ0v) is 11.4. The van der Waals surface area contributed by atoms with E-state index in [0.717, 1.165) is 19.0 Å². The molecule has 0 amide bonds. The second kappa shape index (κ2) is 7.64. The molecular formula is C11H22BF4NO. The van der Waals surface area contributed by atoms with Crippen LogP contribution in [-0.4, -0.2) is 36.9 Å². The topological polar surface area (TPSA) is 12.2 Å². The van der Waals surface area contributed by atoms with Gasteiger partial charge in [-0.15, -0.1) is 0 Å². The molecule has 0 aliphatic carbocycles. The van der Waals surface area contributed by atoms with Crippen LogP contribution in [0.25, 0.3) is 0 Å². The predicted molar refractivity (Wildman–Crippen MR) is 65.5 cm³/mol. The molecule has 18 heavy (non-hydrogen) atoms. The Hall–Kier alpha value is -0.745. The normalized spacial score (nSPS) is 19.7. The fraction of sp³-hybridized carbons (Fsp3) is 0.909. The third-order valence-electron chi connectivity index (χ3n) is 2.79. The summed E-state index contributed by atoms with van der Waals surface area (Å²) in [6.45, 7) is 10.9. The second-order valence-corrected chi connectivity index (χ2v) is 4.68. The molecule has 0 aromatic rings. The summed E-state index contributed by atoms with van der Waals surface area (Å²) in [5.74, 6) is 1.81. The molecule has 0 unspecified atom stereocenters. The highest BCUT2D eigenvalue weighted by Crippen LogP contribution is 2.14. The number of nitrogens with zero attached hydrogens (tertiary/aromatic N) is 1. The van der Waals surface area contributed by atoms with Crippen molar-refractivity contribution < 1.29 is 26.6 Å². The Bertz CT molecular complexity index is 273. The van der Waals surface area contributed by atoms with Gasteiger partial charge in [0, 0.05) is 12.3 Å². The summed E-state index contributed by atoms with van der Waals surface area (Å²) < 4.78 is 47.0. The maximum Gasteiger partial charge on any atom is 0.673 e. The Labute approximate surface area is 106 Å². The van der Waals surface area contributed by atoms with Crippen molar-refractivity contribution in [1.82, 2.24) is 0 Å². The van der Waals surface area contributed by atoms with Gasteiger partial charge in [0.15, 0.2) is 12.6 Å². The first kappa shape index (κ1) is 17.3. The maximum atomic E-state index is 9.75. The van der Waals surface area contributed by atoms with Gasteiger partial charge >= 0.3 is 13.2 Å². The number of hydrogen-bond acceptors (Lipinski definition) is 1. The summed E-state index contributed by atoms with van der Waals surface area (Å²) in [6.07, 6.45) is 2.53. The number of hydrogen-bond donors (Lipinski definition) is 0. The molecule has 0 saturated heterocycles. The average molecular weight is 271 g/mol. The fourth-order valence-corrected chi connectivity index (χ4v) is 1.82. The third-order valence-corrected chi connectivity index (χ3v) is 2.79. The summed E-state index contributed by atoms with van der Waals surface area (Å²) in [5, 5.41) is 0. The molecule has 7 heteroatoms. The molecule has 2 nitrogen and oxygen atoms in total. The highest BCUT2D eigenvalue weighted by Gasteiger charge is 2.33. The minimum absolute atomic E-state index is 0.603. The van der Waals surface area contributed by atoms with Gasteiger partial charge in [-0.2, -0.15) is 4.58 Å². The molecule has 0 spiro atoms. The van der Waals surface area contributed by atoms with Crippen molar-refractivity contribution in [3.8, 4) is 0 Å². The lowest BCUT2D eigenvalue weighted by Gasteiger charge is -2.11.